The summed E-state index contributed by atoms with van der Waals surface area (Å²) in [6.07, 6.45) is 10.5. The molecule has 0 aromatic carbocycles. The van der Waals surface area contributed by atoms with E-state index >= 15 is 0 Å². The molecule has 1 aliphatic carbocycles. The van der Waals surface area contributed by atoms with Gasteiger partial charge in [0, 0.05) is 6.54 Å². The molecule has 0 aromatic heterocycles. The zero-order valence-corrected chi connectivity index (χ0v) is 22.1. The number of aliphatic hydroxyl groups is 1. The minimum absolute atomic E-state index is 0.00793. The Labute approximate surface area is 210 Å². The molecular weight excluding hydrogens is 446 g/mol. The lowest BCUT2D eigenvalue weighted by Gasteiger charge is -2.34. The van der Waals surface area contributed by atoms with Crippen LogP contribution in [0.25, 0.3) is 0 Å². The van der Waals surface area contributed by atoms with Gasteiger partial charge in [0.25, 0.3) is 0 Å². The molecule has 3 amide bonds. The summed E-state index contributed by atoms with van der Waals surface area (Å²) >= 11 is 0. The number of amides is 3. The number of nitrogens with zero attached hydrogens (tertiary/aromatic N) is 1. The maximum atomic E-state index is 13.8. The van der Waals surface area contributed by atoms with Crippen LogP contribution >= 0.6 is 0 Å². The Hall–Kier alpha value is -2.09. The summed E-state index contributed by atoms with van der Waals surface area (Å²) in [6, 6.07) is -1.65. The summed E-state index contributed by atoms with van der Waals surface area (Å²) in [4.78, 5) is 41.5. The maximum absolute atomic E-state index is 13.8. The Bertz CT molecular complexity index is 803. The van der Waals surface area contributed by atoms with Crippen molar-refractivity contribution in [1.29, 1.82) is 0 Å². The topological polar surface area (TPSA) is 108 Å². The molecule has 3 rings (SSSR count). The molecule has 35 heavy (non-hydrogen) atoms. The van der Waals surface area contributed by atoms with Crippen molar-refractivity contribution in [2.24, 2.45) is 17.3 Å². The number of nitrogens with one attached hydrogen (secondary N) is 2. The molecule has 2 aliphatic heterocycles. The number of hydrogen-bond acceptors (Lipinski definition) is 5. The molecule has 5 atom stereocenters. The van der Waals surface area contributed by atoms with Gasteiger partial charge >= 0.3 is 6.09 Å². The summed E-state index contributed by atoms with van der Waals surface area (Å²) in [5, 5.41) is 15.7. The van der Waals surface area contributed by atoms with Crippen molar-refractivity contribution in [3.05, 3.63) is 12.2 Å². The molecular formula is C27H45N3O5. The predicted octanol–water partition coefficient (Wildman–Crippen LogP) is 3.53. The largest absolute Gasteiger partial charge is 0.444 e. The van der Waals surface area contributed by atoms with Crippen LogP contribution in [0.2, 0.25) is 0 Å². The Morgan fingerprint density at radius 1 is 1.14 bits per heavy atom. The summed E-state index contributed by atoms with van der Waals surface area (Å²) in [6.45, 7) is 10.0. The molecule has 8 nitrogen and oxygen atoms in total. The lowest BCUT2D eigenvalue weighted by molar-refractivity contribution is -0.142. The molecule has 0 unspecified atom stereocenters. The highest BCUT2D eigenvalue weighted by atomic mass is 16.6. The SMILES string of the molecule is CC(C)(C)OC(=O)N[C@H]1CCCC/C=C/CCCC[C@@H](CO)NC(=O)[C@@H]2[C@@H]3[C@H](CN2C1=O)C3(C)C. The van der Waals surface area contributed by atoms with E-state index in [2.05, 4.69) is 36.6 Å². The van der Waals surface area contributed by atoms with Gasteiger partial charge in [-0.1, -0.05) is 38.8 Å². The monoisotopic (exact) mass is 491 g/mol. The number of alkyl carbamates (subject to hydrolysis) is 1. The second-order valence-electron chi connectivity index (χ2n) is 12.0. The number of fused-ring (bicyclic) bond motifs is 3. The fourth-order valence-corrected chi connectivity index (χ4v) is 5.72. The lowest BCUT2D eigenvalue weighted by atomic mass is 9.98. The third-order valence-corrected chi connectivity index (χ3v) is 7.77. The second-order valence-corrected chi connectivity index (χ2v) is 12.0. The standard InChI is InChI=1S/C27H45N3O5/c1-26(2,3)35-25(34)29-20-15-13-11-9-7-6-8-10-12-14-18(17-31)28-23(32)22-21-19(27(21,4)5)16-30(22)24(20)33/h6-7,18-22,31H,8-17H2,1-5H3,(H,28,32)(H,29,34)/b7-6+/t18-,19-,20-,21-,22-/m0/s1. The van der Waals surface area contributed by atoms with Crippen molar-refractivity contribution in [2.75, 3.05) is 13.2 Å². The van der Waals surface area contributed by atoms with Gasteiger partial charge in [-0.05, 0) is 76.5 Å². The molecule has 8 heteroatoms. The van der Waals surface area contributed by atoms with E-state index in [4.69, 9.17) is 4.74 Å². The normalized spacial score (nSPS) is 33.1. The average Bonchev–Trinajstić information content (AvgIpc) is 3.09. The molecule has 0 bridgehead atoms. The van der Waals surface area contributed by atoms with Crippen LogP contribution in [0.1, 0.15) is 86.0 Å². The van der Waals surface area contributed by atoms with Crippen LogP contribution in [0.3, 0.4) is 0 Å². The second kappa shape index (κ2) is 11.3. The van der Waals surface area contributed by atoms with Crippen LogP contribution in [0.5, 0.6) is 0 Å². The van der Waals surface area contributed by atoms with E-state index in [1.165, 1.54) is 0 Å². The number of carbonyl (C=O) groups is 3. The number of hydrogen-bond donors (Lipinski definition) is 3. The van der Waals surface area contributed by atoms with E-state index in [1.54, 1.807) is 25.7 Å². The molecule has 2 heterocycles. The van der Waals surface area contributed by atoms with E-state index in [9.17, 15) is 19.5 Å². The smallest absolute Gasteiger partial charge is 0.408 e. The number of allylic oxidation sites excluding steroid dienone is 2. The number of piperidine rings is 1. The quantitative estimate of drug-likeness (QED) is 0.512. The Morgan fingerprint density at radius 2 is 1.77 bits per heavy atom. The summed E-state index contributed by atoms with van der Waals surface area (Å²) in [5.41, 5.74) is -0.679. The number of carbonyl (C=O) groups excluding carboxylic acids is 3. The minimum atomic E-state index is -0.742. The van der Waals surface area contributed by atoms with Crippen LogP contribution in [-0.2, 0) is 14.3 Å². The molecule has 1 saturated carbocycles. The lowest BCUT2D eigenvalue weighted by Crippen LogP contribution is -2.57. The zero-order valence-electron chi connectivity index (χ0n) is 22.1. The highest BCUT2D eigenvalue weighted by Gasteiger charge is 2.69. The van der Waals surface area contributed by atoms with Crippen molar-refractivity contribution in [3.63, 3.8) is 0 Å². The van der Waals surface area contributed by atoms with E-state index in [0.717, 1.165) is 38.5 Å². The molecule has 0 spiro atoms. The first-order chi connectivity index (χ1) is 16.5. The molecule has 1 saturated heterocycles. The fraction of sp³-hybridized carbons (Fsp3) is 0.815. The van der Waals surface area contributed by atoms with Gasteiger partial charge in [0.1, 0.15) is 17.7 Å². The van der Waals surface area contributed by atoms with Crippen LogP contribution in [0.4, 0.5) is 4.79 Å². The van der Waals surface area contributed by atoms with Crippen LogP contribution in [-0.4, -0.2) is 64.8 Å². The predicted molar refractivity (Wildman–Crippen MR) is 135 cm³/mol. The van der Waals surface area contributed by atoms with Gasteiger partial charge in [0.05, 0.1) is 12.6 Å². The molecule has 3 aliphatic rings. The first kappa shape index (κ1) is 27.5. The molecule has 0 aromatic rings. The number of aliphatic hydroxyl groups excluding tert-OH is 1. The number of ether oxygens (including phenoxy) is 1. The highest BCUT2D eigenvalue weighted by molar-refractivity contribution is 5.93. The van der Waals surface area contributed by atoms with Gasteiger partial charge in [0.2, 0.25) is 11.8 Å². The van der Waals surface area contributed by atoms with Crippen molar-refractivity contribution in [2.45, 2.75) is 110 Å². The highest BCUT2D eigenvalue weighted by Crippen LogP contribution is 2.64. The van der Waals surface area contributed by atoms with E-state index in [1.807, 2.05) is 0 Å². The van der Waals surface area contributed by atoms with Crippen molar-refractivity contribution >= 4 is 17.9 Å². The number of rotatable bonds is 2. The third-order valence-electron chi connectivity index (χ3n) is 7.77. The first-order valence-corrected chi connectivity index (χ1v) is 13.3. The van der Waals surface area contributed by atoms with Crippen LogP contribution in [0.15, 0.2) is 12.2 Å². The molecule has 3 N–H and O–H groups in total. The van der Waals surface area contributed by atoms with Gasteiger partial charge in [-0.3, -0.25) is 9.59 Å². The van der Waals surface area contributed by atoms with Gasteiger partial charge < -0.3 is 25.4 Å². The summed E-state index contributed by atoms with van der Waals surface area (Å²) < 4.78 is 5.43. The van der Waals surface area contributed by atoms with Crippen LogP contribution < -0.4 is 10.6 Å². The van der Waals surface area contributed by atoms with Gasteiger partial charge in [0.15, 0.2) is 0 Å². The van der Waals surface area contributed by atoms with Crippen molar-refractivity contribution in [3.8, 4) is 0 Å². The van der Waals surface area contributed by atoms with Gasteiger partial charge in [-0.25, -0.2) is 4.79 Å². The maximum Gasteiger partial charge on any atom is 0.408 e. The molecule has 2 fully saturated rings. The first-order valence-electron chi connectivity index (χ1n) is 13.3. The Morgan fingerprint density at radius 3 is 2.37 bits per heavy atom. The van der Waals surface area contributed by atoms with Gasteiger partial charge in [-0.2, -0.15) is 0 Å². The average molecular weight is 492 g/mol. The van der Waals surface area contributed by atoms with Crippen LogP contribution in [0, 0.1) is 17.3 Å². The van der Waals surface area contributed by atoms with Crippen molar-refractivity contribution in [1.82, 2.24) is 15.5 Å². The summed E-state index contributed by atoms with van der Waals surface area (Å²) in [7, 11) is 0. The third kappa shape index (κ3) is 6.99. The zero-order chi connectivity index (χ0) is 25.8. The molecule has 0 radical (unpaired) electrons. The van der Waals surface area contributed by atoms with E-state index < -0.39 is 23.8 Å². The summed E-state index contributed by atoms with van der Waals surface area (Å²) in [5.74, 6) is -0.0814. The Balaban J connectivity index is 1.82. The fourth-order valence-electron chi connectivity index (χ4n) is 5.72. The van der Waals surface area contributed by atoms with E-state index in [0.29, 0.717) is 19.4 Å². The Kier molecular flexibility index (Phi) is 8.89. The van der Waals surface area contributed by atoms with Gasteiger partial charge in [-0.15, -0.1) is 0 Å². The van der Waals surface area contributed by atoms with Crippen molar-refractivity contribution < 1.29 is 24.2 Å². The molecule has 198 valence electrons. The van der Waals surface area contributed by atoms with E-state index in [-0.39, 0.29) is 41.7 Å². The minimum Gasteiger partial charge on any atom is -0.444 e.